The molecule has 0 radical (unpaired) electrons. The van der Waals surface area contributed by atoms with Gasteiger partial charge in [-0.25, -0.2) is 5.48 Å². The van der Waals surface area contributed by atoms with Crippen LogP contribution >= 0.6 is 0 Å². The molecule has 1 rings (SSSR count). The third kappa shape index (κ3) is 6.06. The van der Waals surface area contributed by atoms with Crippen LogP contribution in [0, 0.1) is 16.7 Å². The number of benzene rings is 1. The Labute approximate surface area is 103 Å². The second-order valence-electron chi connectivity index (χ2n) is 4.77. The van der Waals surface area contributed by atoms with E-state index in [0.717, 1.165) is 24.9 Å². The first kappa shape index (κ1) is 13.7. The van der Waals surface area contributed by atoms with Crippen LogP contribution in [-0.4, -0.2) is 6.54 Å². The summed E-state index contributed by atoms with van der Waals surface area (Å²) in [5.41, 5.74) is 3.84. The van der Waals surface area contributed by atoms with E-state index >= 15 is 0 Å². The normalized spacial score (nSPS) is 11.1. The Morgan fingerprint density at radius 2 is 2.00 bits per heavy atom. The van der Waals surface area contributed by atoms with Crippen molar-refractivity contribution in [3.63, 3.8) is 0 Å². The van der Waals surface area contributed by atoms with Crippen molar-refractivity contribution in [1.82, 2.24) is 5.48 Å². The van der Waals surface area contributed by atoms with Gasteiger partial charge in [0, 0.05) is 6.54 Å². The van der Waals surface area contributed by atoms with Gasteiger partial charge in [0.25, 0.3) is 0 Å². The van der Waals surface area contributed by atoms with Crippen LogP contribution in [0.5, 0.6) is 0 Å². The van der Waals surface area contributed by atoms with Gasteiger partial charge in [-0.3, -0.25) is 4.84 Å². The van der Waals surface area contributed by atoms with Crippen molar-refractivity contribution >= 4 is 0 Å². The van der Waals surface area contributed by atoms with E-state index in [1.807, 2.05) is 44.2 Å². The van der Waals surface area contributed by atoms with E-state index in [-0.39, 0.29) is 5.41 Å². The van der Waals surface area contributed by atoms with E-state index in [0.29, 0.717) is 6.61 Å². The predicted molar refractivity (Wildman–Crippen MR) is 67.9 cm³/mol. The Hall–Kier alpha value is -1.37. The molecule has 1 aromatic carbocycles. The summed E-state index contributed by atoms with van der Waals surface area (Å²) in [5.74, 6) is 0. The summed E-state index contributed by atoms with van der Waals surface area (Å²) in [6.45, 7) is 5.26. The van der Waals surface area contributed by atoms with Gasteiger partial charge in [-0.05, 0) is 32.3 Å². The molecular weight excluding hydrogens is 212 g/mol. The highest BCUT2D eigenvalue weighted by atomic mass is 16.6. The first-order valence-corrected chi connectivity index (χ1v) is 5.94. The molecule has 0 heterocycles. The highest BCUT2D eigenvalue weighted by Gasteiger charge is 2.15. The minimum absolute atomic E-state index is 0.235. The van der Waals surface area contributed by atoms with Crippen molar-refractivity contribution in [2.45, 2.75) is 33.3 Å². The molecule has 0 spiro atoms. The molecule has 0 saturated heterocycles. The lowest BCUT2D eigenvalue weighted by Crippen LogP contribution is -2.18. The lowest BCUT2D eigenvalue weighted by Gasteiger charge is -2.14. The van der Waals surface area contributed by atoms with Crippen molar-refractivity contribution in [3.05, 3.63) is 35.9 Å². The van der Waals surface area contributed by atoms with Crippen LogP contribution < -0.4 is 5.48 Å². The van der Waals surface area contributed by atoms with E-state index in [1.54, 1.807) is 0 Å². The maximum absolute atomic E-state index is 8.84. The summed E-state index contributed by atoms with van der Waals surface area (Å²) < 4.78 is 0. The summed E-state index contributed by atoms with van der Waals surface area (Å²) in [4.78, 5) is 5.34. The Bertz CT molecular complexity index is 354. The number of nitrogens with zero attached hydrogens (tertiary/aromatic N) is 1. The largest absolute Gasteiger partial charge is 0.297 e. The van der Waals surface area contributed by atoms with Crippen molar-refractivity contribution < 1.29 is 4.84 Å². The molecule has 0 amide bonds. The monoisotopic (exact) mass is 232 g/mol. The van der Waals surface area contributed by atoms with E-state index in [4.69, 9.17) is 10.1 Å². The predicted octanol–water partition coefficient (Wildman–Crippen LogP) is 3.04. The van der Waals surface area contributed by atoms with Gasteiger partial charge in [-0.1, -0.05) is 30.3 Å². The van der Waals surface area contributed by atoms with E-state index in [9.17, 15) is 0 Å². The first-order chi connectivity index (χ1) is 8.14. The lowest BCUT2D eigenvalue weighted by atomic mass is 9.90. The maximum atomic E-state index is 8.84. The number of nitriles is 1. The van der Waals surface area contributed by atoms with Gasteiger partial charge in [0.05, 0.1) is 18.1 Å². The molecule has 0 bridgehead atoms. The average molecular weight is 232 g/mol. The molecule has 3 nitrogen and oxygen atoms in total. The third-order valence-corrected chi connectivity index (χ3v) is 2.57. The van der Waals surface area contributed by atoms with E-state index in [1.165, 1.54) is 0 Å². The minimum Gasteiger partial charge on any atom is -0.297 e. The van der Waals surface area contributed by atoms with Crippen LogP contribution in [0.4, 0.5) is 0 Å². The SMILES string of the molecule is CC(C)(C#N)CCCNOCc1ccccc1. The van der Waals surface area contributed by atoms with Crippen LogP contribution in [0.1, 0.15) is 32.3 Å². The molecule has 0 saturated carbocycles. The van der Waals surface area contributed by atoms with E-state index < -0.39 is 0 Å². The summed E-state index contributed by atoms with van der Waals surface area (Å²) in [6.07, 6.45) is 1.82. The highest BCUT2D eigenvalue weighted by Crippen LogP contribution is 2.19. The molecule has 0 fully saturated rings. The number of nitrogens with one attached hydrogen (secondary N) is 1. The molecule has 0 aromatic heterocycles. The minimum atomic E-state index is -0.235. The standard InChI is InChI=1S/C14H20N2O/c1-14(2,12-15)9-6-10-16-17-11-13-7-4-3-5-8-13/h3-5,7-8,16H,6,9-11H2,1-2H3. The second-order valence-corrected chi connectivity index (χ2v) is 4.77. The lowest BCUT2D eigenvalue weighted by molar-refractivity contribution is 0.0264. The zero-order valence-corrected chi connectivity index (χ0v) is 10.6. The maximum Gasteiger partial charge on any atom is 0.0933 e. The van der Waals surface area contributed by atoms with Gasteiger partial charge in [0.2, 0.25) is 0 Å². The van der Waals surface area contributed by atoms with Gasteiger partial charge in [0.15, 0.2) is 0 Å². The molecule has 0 atom stereocenters. The van der Waals surface area contributed by atoms with Gasteiger partial charge >= 0.3 is 0 Å². The fourth-order valence-corrected chi connectivity index (χ4v) is 1.44. The molecule has 3 heteroatoms. The third-order valence-electron chi connectivity index (χ3n) is 2.57. The molecule has 0 aliphatic heterocycles. The Morgan fingerprint density at radius 1 is 1.29 bits per heavy atom. The fraction of sp³-hybridized carbons (Fsp3) is 0.500. The Balaban J connectivity index is 2.04. The van der Waals surface area contributed by atoms with Crippen LogP contribution in [0.2, 0.25) is 0 Å². The molecule has 0 unspecified atom stereocenters. The molecule has 1 aromatic rings. The highest BCUT2D eigenvalue weighted by molar-refractivity contribution is 5.13. The first-order valence-electron chi connectivity index (χ1n) is 5.94. The summed E-state index contributed by atoms with van der Waals surface area (Å²) in [5, 5.41) is 8.84. The quantitative estimate of drug-likeness (QED) is 0.580. The van der Waals surface area contributed by atoms with Gasteiger partial charge < -0.3 is 0 Å². The summed E-state index contributed by atoms with van der Waals surface area (Å²) in [6, 6.07) is 12.3. The molecule has 0 aliphatic carbocycles. The molecule has 17 heavy (non-hydrogen) atoms. The Morgan fingerprint density at radius 3 is 2.65 bits per heavy atom. The molecule has 0 aliphatic rings. The molecule has 92 valence electrons. The zero-order valence-electron chi connectivity index (χ0n) is 10.6. The summed E-state index contributed by atoms with van der Waals surface area (Å²) in [7, 11) is 0. The van der Waals surface area contributed by atoms with Crippen molar-refractivity contribution in [2.75, 3.05) is 6.54 Å². The van der Waals surface area contributed by atoms with Crippen LogP contribution in [-0.2, 0) is 11.4 Å². The molecular formula is C14H20N2O. The van der Waals surface area contributed by atoms with Gasteiger partial charge in [0.1, 0.15) is 0 Å². The summed E-state index contributed by atoms with van der Waals surface area (Å²) >= 11 is 0. The number of rotatable bonds is 7. The smallest absolute Gasteiger partial charge is 0.0933 e. The average Bonchev–Trinajstić information content (AvgIpc) is 2.35. The topological polar surface area (TPSA) is 45.0 Å². The van der Waals surface area contributed by atoms with Gasteiger partial charge in [-0.2, -0.15) is 5.26 Å². The van der Waals surface area contributed by atoms with E-state index in [2.05, 4.69) is 11.5 Å². The fourth-order valence-electron chi connectivity index (χ4n) is 1.44. The number of hydrogen-bond acceptors (Lipinski definition) is 3. The van der Waals surface area contributed by atoms with Crippen LogP contribution in [0.25, 0.3) is 0 Å². The second kappa shape index (κ2) is 7.05. The van der Waals surface area contributed by atoms with Crippen molar-refractivity contribution in [2.24, 2.45) is 5.41 Å². The zero-order chi connectivity index (χ0) is 12.6. The number of hydroxylamine groups is 1. The van der Waals surface area contributed by atoms with Crippen LogP contribution in [0.15, 0.2) is 30.3 Å². The Kier molecular flexibility index (Phi) is 5.68. The van der Waals surface area contributed by atoms with Crippen molar-refractivity contribution in [3.8, 4) is 6.07 Å². The number of hydrogen-bond donors (Lipinski definition) is 1. The molecule has 1 N–H and O–H groups in total. The van der Waals surface area contributed by atoms with Gasteiger partial charge in [-0.15, -0.1) is 0 Å². The van der Waals surface area contributed by atoms with Crippen LogP contribution in [0.3, 0.4) is 0 Å². The van der Waals surface area contributed by atoms with Crippen molar-refractivity contribution in [1.29, 1.82) is 5.26 Å².